The van der Waals surface area contributed by atoms with Gasteiger partial charge in [0.25, 0.3) is 0 Å². The minimum absolute atomic E-state index is 0.152. The van der Waals surface area contributed by atoms with Crippen molar-refractivity contribution in [3.8, 4) is 0 Å². The number of aliphatic hydroxyl groups excluding tert-OH is 1. The lowest BCUT2D eigenvalue weighted by atomic mass is 10.1. The van der Waals surface area contributed by atoms with Crippen molar-refractivity contribution >= 4 is 6.09 Å². The zero-order chi connectivity index (χ0) is 16.2. The highest BCUT2D eigenvalue weighted by molar-refractivity contribution is 5.68. The second-order valence-electron chi connectivity index (χ2n) is 5.76. The largest absolute Gasteiger partial charge is 0.444 e. The fraction of sp³-hybridized carbons (Fsp3) is 0.938. The second kappa shape index (κ2) is 12.0. The normalized spacial score (nSPS) is 17.6. The quantitative estimate of drug-likeness (QED) is 0.833. The number of ether oxygens (including phenoxy) is 1. The molecule has 0 aliphatic carbocycles. The number of hydrogen-bond acceptors (Lipinski definition) is 3. The van der Waals surface area contributed by atoms with Crippen molar-refractivity contribution in [1.82, 2.24) is 4.90 Å². The van der Waals surface area contributed by atoms with Crippen LogP contribution in [-0.2, 0) is 4.74 Å². The van der Waals surface area contributed by atoms with E-state index in [-0.39, 0.29) is 18.6 Å². The van der Waals surface area contributed by atoms with Gasteiger partial charge in [-0.25, -0.2) is 4.79 Å². The van der Waals surface area contributed by atoms with Crippen LogP contribution >= 0.6 is 0 Å². The highest BCUT2D eigenvalue weighted by Crippen LogP contribution is 2.18. The number of amides is 1. The van der Waals surface area contributed by atoms with Crippen LogP contribution in [0, 0.1) is 5.92 Å². The number of carbonyl (C=O) groups excluding carboxylic acids is 1. The molecule has 1 rings (SSSR count). The maximum atomic E-state index is 11.5. The number of carbonyl (C=O) groups is 1. The maximum absolute atomic E-state index is 11.5. The molecular weight excluding hydrogens is 254 g/mol. The molecule has 1 fully saturated rings. The third-order valence-electron chi connectivity index (χ3n) is 2.70. The first kappa shape index (κ1) is 21.5. The molecule has 1 atom stereocenters. The van der Waals surface area contributed by atoms with Crippen molar-refractivity contribution in [3.63, 3.8) is 0 Å². The van der Waals surface area contributed by atoms with Crippen LogP contribution in [0.5, 0.6) is 0 Å². The Morgan fingerprint density at radius 2 is 1.75 bits per heavy atom. The molecule has 0 aromatic heterocycles. The summed E-state index contributed by atoms with van der Waals surface area (Å²) >= 11 is 0. The van der Waals surface area contributed by atoms with Gasteiger partial charge in [0.1, 0.15) is 5.60 Å². The second-order valence-corrected chi connectivity index (χ2v) is 5.76. The van der Waals surface area contributed by atoms with Gasteiger partial charge in [0.05, 0.1) is 0 Å². The molecule has 1 N–H and O–H groups in total. The van der Waals surface area contributed by atoms with Gasteiger partial charge in [-0.1, -0.05) is 40.5 Å². The Labute approximate surface area is 125 Å². The smallest absolute Gasteiger partial charge is 0.410 e. The molecule has 4 nitrogen and oxygen atoms in total. The summed E-state index contributed by atoms with van der Waals surface area (Å²) in [5.74, 6) is 0.225. The fourth-order valence-corrected chi connectivity index (χ4v) is 1.47. The molecule has 0 bridgehead atoms. The average molecular weight is 289 g/mol. The Morgan fingerprint density at radius 1 is 1.25 bits per heavy atom. The van der Waals surface area contributed by atoms with E-state index in [4.69, 9.17) is 9.84 Å². The number of nitrogens with zero attached hydrogens (tertiary/aromatic N) is 1. The summed E-state index contributed by atoms with van der Waals surface area (Å²) in [7, 11) is 0. The minimum atomic E-state index is -0.436. The van der Waals surface area contributed by atoms with Crippen LogP contribution in [0.4, 0.5) is 4.79 Å². The highest BCUT2D eigenvalue weighted by Gasteiger charge is 2.29. The summed E-state index contributed by atoms with van der Waals surface area (Å²) in [5, 5.41) is 8.92. The van der Waals surface area contributed by atoms with Gasteiger partial charge in [0.2, 0.25) is 0 Å². The lowest BCUT2D eigenvalue weighted by molar-refractivity contribution is 0.0284. The minimum Gasteiger partial charge on any atom is -0.444 e. The first-order chi connectivity index (χ1) is 9.34. The van der Waals surface area contributed by atoms with Crippen LogP contribution in [0.2, 0.25) is 0 Å². The number of rotatable bonds is 2. The number of likely N-dealkylation sites (tertiary alicyclic amines) is 1. The van der Waals surface area contributed by atoms with Crippen molar-refractivity contribution < 1.29 is 14.6 Å². The van der Waals surface area contributed by atoms with Crippen LogP contribution in [0.15, 0.2) is 0 Å². The SMILES string of the molecule is CC.CC(C)(C)OC(=O)N1CC[C@@H](CO)C1.CCCC. The van der Waals surface area contributed by atoms with Gasteiger partial charge in [0.15, 0.2) is 0 Å². The molecule has 1 amide bonds. The Bertz CT molecular complexity index is 234. The summed E-state index contributed by atoms with van der Waals surface area (Å²) in [6, 6.07) is 0. The Balaban J connectivity index is 0. The predicted octanol–water partition coefficient (Wildman–Crippen LogP) is 4.07. The van der Waals surface area contributed by atoms with Crippen molar-refractivity contribution in [1.29, 1.82) is 0 Å². The van der Waals surface area contributed by atoms with E-state index >= 15 is 0 Å². The van der Waals surface area contributed by atoms with E-state index in [0.29, 0.717) is 13.1 Å². The standard InChI is InChI=1S/C10H19NO3.C4H10.C2H6/c1-10(2,3)14-9(13)11-5-4-8(6-11)7-12;1-3-4-2;1-2/h8,12H,4-7H2,1-3H3;3-4H2,1-2H3;1-2H3/t8-;;/m1../s1. The van der Waals surface area contributed by atoms with Crippen molar-refractivity contribution in [2.45, 2.75) is 73.3 Å². The molecule has 0 spiro atoms. The van der Waals surface area contributed by atoms with E-state index in [1.54, 1.807) is 4.90 Å². The van der Waals surface area contributed by atoms with Gasteiger partial charge in [-0.2, -0.15) is 0 Å². The van der Waals surface area contributed by atoms with Gasteiger partial charge in [-0.15, -0.1) is 0 Å². The van der Waals surface area contributed by atoms with Gasteiger partial charge >= 0.3 is 6.09 Å². The molecule has 0 aromatic rings. The molecule has 0 unspecified atom stereocenters. The van der Waals surface area contributed by atoms with E-state index < -0.39 is 5.60 Å². The summed E-state index contributed by atoms with van der Waals surface area (Å²) in [5.41, 5.74) is -0.436. The van der Waals surface area contributed by atoms with Crippen LogP contribution in [0.3, 0.4) is 0 Å². The molecule has 0 saturated carbocycles. The third kappa shape index (κ3) is 11.1. The topological polar surface area (TPSA) is 49.8 Å². The molecule has 0 radical (unpaired) electrons. The molecule has 1 aliphatic rings. The number of hydrogen-bond donors (Lipinski definition) is 1. The van der Waals surface area contributed by atoms with Crippen LogP contribution in [0.1, 0.15) is 67.7 Å². The summed E-state index contributed by atoms with van der Waals surface area (Å²) in [6.45, 7) is 15.4. The van der Waals surface area contributed by atoms with E-state index in [2.05, 4.69) is 13.8 Å². The highest BCUT2D eigenvalue weighted by atomic mass is 16.6. The van der Waals surface area contributed by atoms with Crippen LogP contribution < -0.4 is 0 Å². The molecule has 1 saturated heterocycles. The van der Waals surface area contributed by atoms with Gasteiger partial charge in [0, 0.05) is 25.6 Å². The Kier molecular flexibility index (Phi) is 12.9. The van der Waals surface area contributed by atoms with Gasteiger partial charge < -0.3 is 14.7 Å². The zero-order valence-corrected chi connectivity index (χ0v) is 14.5. The number of unbranched alkanes of at least 4 members (excludes halogenated alkanes) is 1. The lowest BCUT2D eigenvalue weighted by Gasteiger charge is -2.24. The predicted molar refractivity (Wildman–Crippen MR) is 84.9 cm³/mol. The monoisotopic (exact) mass is 289 g/mol. The van der Waals surface area contributed by atoms with Crippen LogP contribution in [0.25, 0.3) is 0 Å². The molecule has 122 valence electrons. The zero-order valence-electron chi connectivity index (χ0n) is 14.5. The first-order valence-electron chi connectivity index (χ1n) is 7.92. The summed E-state index contributed by atoms with van der Waals surface area (Å²) in [6.07, 6.45) is 3.24. The summed E-state index contributed by atoms with van der Waals surface area (Å²) in [4.78, 5) is 13.2. The van der Waals surface area contributed by atoms with E-state index in [0.717, 1.165) is 6.42 Å². The number of aliphatic hydroxyl groups is 1. The molecule has 20 heavy (non-hydrogen) atoms. The van der Waals surface area contributed by atoms with Gasteiger partial charge in [-0.3, -0.25) is 0 Å². The molecular formula is C16H35NO3. The maximum Gasteiger partial charge on any atom is 0.410 e. The van der Waals surface area contributed by atoms with Crippen molar-refractivity contribution in [2.75, 3.05) is 19.7 Å². The van der Waals surface area contributed by atoms with Crippen LogP contribution in [-0.4, -0.2) is 41.4 Å². The van der Waals surface area contributed by atoms with E-state index in [1.807, 2.05) is 34.6 Å². The van der Waals surface area contributed by atoms with Crippen molar-refractivity contribution in [2.24, 2.45) is 5.92 Å². The molecule has 1 aliphatic heterocycles. The molecule has 0 aromatic carbocycles. The lowest BCUT2D eigenvalue weighted by Crippen LogP contribution is -2.35. The van der Waals surface area contributed by atoms with E-state index in [1.165, 1.54) is 12.8 Å². The van der Waals surface area contributed by atoms with Gasteiger partial charge in [-0.05, 0) is 27.2 Å². The summed E-state index contributed by atoms with van der Waals surface area (Å²) < 4.78 is 5.22. The average Bonchev–Trinajstić information content (AvgIpc) is 2.88. The Hall–Kier alpha value is -0.770. The molecule has 1 heterocycles. The first-order valence-corrected chi connectivity index (χ1v) is 7.92. The molecule has 4 heteroatoms. The fourth-order valence-electron chi connectivity index (χ4n) is 1.47. The van der Waals surface area contributed by atoms with E-state index in [9.17, 15) is 4.79 Å². The third-order valence-corrected chi connectivity index (χ3v) is 2.70. The Morgan fingerprint density at radius 3 is 2.05 bits per heavy atom. The van der Waals surface area contributed by atoms with Crippen molar-refractivity contribution in [3.05, 3.63) is 0 Å².